The number of rotatable bonds is 6. The van der Waals surface area contributed by atoms with Gasteiger partial charge >= 0.3 is 0 Å². The van der Waals surface area contributed by atoms with Crippen molar-refractivity contribution in [3.8, 4) is 0 Å². The predicted molar refractivity (Wildman–Crippen MR) is 87.4 cm³/mol. The molecule has 1 aromatic carbocycles. The van der Waals surface area contributed by atoms with Crippen molar-refractivity contribution in [3.63, 3.8) is 0 Å². The second kappa shape index (κ2) is 8.18. The molecule has 0 aromatic heterocycles. The minimum atomic E-state index is -0.0140. The zero-order chi connectivity index (χ0) is 15.1. The van der Waals surface area contributed by atoms with Gasteiger partial charge in [-0.1, -0.05) is 44.2 Å². The van der Waals surface area contributed by atoms with Crippen molar-refractivity contribution in [2.75, 3.05) is 19.6 Å². The van der Waals surface area contributed by atoms with E-state index in [1.807, 2.05) is 18.2 Å². The molecule has 1 aliphatic heterocycles. The number of hydrogen-bond acceptors (Lipinski definition) is 2. The molecular weight excluding hydrogens is 260 g/mol. The molecule has 0 unspecified atom stereocenters. The van der Waals surface area contributed by atoms with Gasteiger partial charge in [0.2, 0.25) is 5.91 Å². The van der Waals surface area contributed by atoms with Crippen molar-refractivity contribution in [3.05, 3.63) is 35.9 Å². The van der Waals surface area contributed by atoms with Gasteiger partial charge in [0, 0.05) is 19.1 Å². The Morgan fingerprint density at radius 2 is 1.90 bits per heavy atom. The summed E-state index contributed by atoms with van der Waals surface area (Å²) >= 11 is 0. The largest absolute Gasteiger partial charge is 0.353 e. The summed E-state index contributed by atoms with van der Waals surface area (Å²) in [5, 5.41) is 3.27. The SMILES string of the molecule is CCCN1CCC(NC(=O)[C@@H](CC)c2ccccc2)CC1. The van der Waals surface area contributed by atoms with Gasteiger partial charge in [0.05, 0.1) is 5.92 Å². The fourth-order valence-corrected chi connectivity index (χ4v) is 3.18. The van der Waals surface area contributed by atoms with E-state index < -0.39 is 0 Å². The number of nitrogens with zero attached hydrogens (tertiary/aromatic N) is 1. The van der Waals surface area contributed by atoms with Crippen LogP contribution in [0, 0.1) is 0 Å². The third-order valence-corrected chi connectivity index (χ3v) is 4.40. The van der Waals surface area contributed by atoms with Crippen LogP contribution in [0.5, 0.6) is 0 Å². The van der Waals surface area contributed by atoms with Gasteiger partial charge in [-0.2, -0.15) is 0 Å². The molecular formula is C18H28N2O. The van der Waals surface area contributed by atoms with Gasteiger partial charge in [-0.15, -0.1) is 0 Å². The summed E-state index contributed by atoms with van der Waals surface area (Å²) in [6, 6.07) is 10.5. The molecule has 1 atom stereocenters. The van der Waals surface area contributed by atoms with E-state index in [2.05, 4.69) is 36.2 Å². The Hall–Kier alpha value is -1.35. The van der Waals surface area contributed by atoms with Gasteiger partial charge in [-0.05, 0) is 37.8 Å². The van der Waals surface area contributed by atoms with E-state index in [1.54, 1.807) is 0 Å². The van der Waals surface area contributed by atoms with Crippen molar-refractivity contribution in [2.45, 2.75) is 51.5 Å². The van der Waals surface area contributed by atoms with Crippen LogP contribution >= 0.6 is 0 Å². The first-order valence-electron chi connectivity index (χ1n) is 8.32. The molecule has 2 rings (SSSR count). The highest BCUT2D eigenvalue weighted by Crippen LogP contribution is 2.20. The van der Waals surface area contributed by atoms with Crippen LogP contribution in [-0.4, -0.2) is 36.5 Å². The van der Waals surface area contributed by atoms with Gasteiger partial charge in [-0.3, -0.25) is 4.79 Å². The highest BCUT2D eigenvalue weighted by atomic mass is 16.1. The quantitative estimate of drug-likeness (QED) is 0.872. The maximum Gasteiger partial charge on any atom is 0.227 e. The molecule has 1 amide bonds. The highest BCUT2D eigenvalue weighted by Gasteiger charge is 2.24. The average molecular weight is 288 g/mol. The lowest BCUT2D eigenvalue weighted by molar-refractivity contribution is -0.123. The average Bonchev–Trinajstić information content (AvgIpc) is 2.51. The van der Waals surface area contributed by atoms with Crippen molar-refractivity contribution < 1.29 is 4.79 Å². The van der Waals surface area contributed by atoms with E-state index in [1.165, 1.54) is 13.0 Å². The van der Waals surface area contributed by atoms with Gasteiger partial charge in [0.25, 0.3) is 0 Å². The van der Waals surface area contributed by atoms with Crippen LogP contribution in [-0.2, 0) is 4.79 Å². The number of likely N-dealkylation sites (tertiary alicyclic amines) is 1. The van der Waals surface area contributed by atoms with Crippen molar-refractivity contribution in [1.29, 1.82) is 0 Å². The number of carbonyl (C=O) groups excluding carboxylic acids is 1. The molecule has 21 heavy (non-hydrogen) atoms. The number of nitrogens with one attached hydrogen (secondary N) is 1. The fraction of sp³-hybridized carbons (Fsp3) is 0.611. The summed E-state index contributed by atoms with van der Waals surface area (Å²) in [5.74, 6) is 0.178. The Balaban J connectivity index is 1.86. The standard InChI is InChI=1S/C18H28N2O/c1-3-12-20-13-10-16(11-14-20)19-18(21)17(4-2)15-8-6-5-7-9-15/h5-9,16-17H,3-4,10-14H2,1-2H3,(H,19,21)/t17-/m0/s1. The van der Waals surface area contributed by atoms with Gasteiger partial charge in [-0.25, -0.2) is 0 Å². The molecule has 3 heteroatoms. The van der Waals surface area contributed by atoms with Gasteiger partial charge in [0.15, 0.2) is 0 Å². The summed E-state index contributed by atoms with van der Waals surface area (Å²) in [6.07, 6.45) is 4.22. The number of amides is 1. The van der Waals surface area contributed by atoms with E-state index >= 15 is 0 Å². The van der Waals surface area contributed by atoms with Crippen LogP contribution < -0.4 is 5.32 Å². The van der Waals surface area contributed by atoms with Crippen molar-refractivity contribution >= 4 is 5.91 Å². The predicted octanol–water partition coefficient (Wildman–Crippen LogP) is 3.17. The fourth-order valence-electron chi connectivity index (χ4n) is 3.18. The molecule has 1 N–H and O–H groups in total. The van der Waals surface area contributed by atoms with E-state index in [4.69, 9.17) is 0 Å². The summed E-state index contributed by atoms with van der Waals surface area (Å²) in [6.45, 7) is 7.71. The first kappa shape index (κ1) is 16.0. The van der Waals surface area contributed by atoms with E-state index in [-0.39, 0.29) is 11.8 Å². The molecule has 1 aliphatic rings. The van der Waals surface area contributed by atoms with Crippen LogP contribution in [0.15, 0.2) is 30.3 Å². The second-order valence-corrected chi connectivity index (χ2v) is 6.00. The van der Waals surface area contributed by atoms with Crippen LogP contribution in [0.25, 0.3) is 0 Å². The summed E-state index contributed by atoms with van der Waals surface area (Å²) in [5.41, 5.74) is 1.13. The Morgan fingerprint density at radius 3 is 2.48 bits per heavy atom. The summed E-state index contributed by atoms with van der Waals surface area (Å²) in [4.78, 5) is 15.0. The number of hydrogen-bond donors (Lipinski definition) is 1. The van der Waals surface area contributed by atoms with Gasteiger partial charge in [0.1, 0.15) is 0 Å². The molecule has 0 radical (unpaired) electrons. The normalized spacial score (nSPS) is 18.4. The monoisotopic (exact) mass is 288 g/mol. The van der Waals surface area contributed by atoms with Crippen LogP contribution in [0.3, 0.4) is 0 Å². The topological polar surface area (TPSA) is 32.3 Å². The zero-order valence-corrected chi connectivity index (χ0v) is 13.3. The lowest BCUT2D eigenvalue weighted by atomic mass is 9.94. The first-order valence-corrected chi connectivity index (χ1v) is 8.32. The van der Waals surface area contributed by atoms with Crippen molar-refractivity contribution in [1.82, 2.24) is 10.2 Å². The highest BCUT2D eigenvalue weighted by molar-refractivity contribution is 5.83. The number of piperidine rings is 1. The Labute approximate surface area is 128 Å². The molecule has 0 spiro atoms. The van der Waals surface area contributed by atoms with E-state index in [0.29, 0.717) is 6.04 Å². The molecule has 116 valence electrons. The Bertz CT molecular complexity index is 424. The molecule has 0 bridgehead atoms. The molecule has 1 heterocycles. The minimum Gasteiger partial charge on any atom is -0.353 e. The van der Waals surface area contributed by atoms with Gasteiger partial charge < -0.3 is 10.2 Å². The summed E-state index contributed by atoms with van der Waals surface area (Å²) in [7, 11) is 0. The van der Waals surface area contributed by atoms with E-state index in [9.17, 15) is 4.79 Å². The molecule has 3 nitrogen and oxygen atoms in total. The Kier molecular flexibility index (Phi) is 6.24. The lowest BCUT2D eigenvalue weighted by Gasteiger charge is -2.32. The van der Waals surface area contributed by atoms with Crippen LogP contribution in [0.2, 0.25) is 0 Å². The third-order valence-electron chi connectivity index (χ3n) is 4.40. The Morgan fingerprint density at radius 1 is 1.24 bits per heavy atom. The second-order valence-electron chi connectivity index (χ2n) is 6.00. The van der Waals surface area contributed by atoms with Crippen LogP contribution in [0.1, 0.15) is 51.0 Å². The maximum atomic E-state index is 12.5. The smallest absolute Gasteiger partial charge is 0.227 e. The third kappa shape index (κ3) is 4.57. The number of benzene rings is 1. The zero-order valence-electron chi connectivity index (χ0n) is 13.3. The van der Waals surface area contributed by atoms with Crippen LogP contribution in [0.4, 0.5) is 0 Å². The maximum absolute atomic E-state index is 12.5. The molecule has 1 fully saturated rings. The first-order chi connectivity index (χ1) is 10.2. The molecule has 1 aromatic rings. The minimum absolute atomic E-state index is 0.0140. The lowest BCUT2D eigenvalue weighted by Crippen LogP contribution is -2.46. The molecule has 0 aliphatic carbocycles. The van der Waals surface area contributed by atoms with E-state index in [0.717, 1.165) is 37.9 Å². The molecule has 1 saturated heterocycles. The summed E-state index contributed by atoms with van der Waals surface area (Å²) < 4.78 is 0. The molecule has 0 saturated carbocycles. The number of carbonyl (C=O) groups is 1. The van der Waals surface area contributed by atoms with Crippen molar-refractivity contribution in [2.24, 2.45) is 0 Å².